The topological polar surface area (TPSA) is 40.6 Å². The van der Waals surface area contributed by atoms with Gasteiger partial charge in [0.05, 0.1) is 23.2 Å². The second-order valence-corrected chi connectivity index (χ2v) is 6.09. The number of ether oxygens (including phenoxy) is 1. The molecule has 0 N–H and O–H groups in total. The summed E-state index contributed by atoms with van der Waals surface area (Å²) in [5, 5.41) is 0. The molecule has 1 fully saturated rings. The number of methoxy groups -OCH3 is 1. The Balaban J connectivity index is 2.03. The van der Waals surface area contributed by atoms with Crippen LogP contribution >= 0.6 is 11.5 Å². The van der Waals surface area contributed by atoms with Gasteiger partial charge < -0.3 is 14.0 Å². The summed E-state index contributed by atoms with van der Waals surface area (Å²) >= 11 is 1.38. The van der Waals surface area contributed by atoms with Crippen molar-refractivity contribution in [3.63, 3.8) is 0 Å². The molecule has 4 nitrogen and oxygen atoms in total. The van der Waals surface area contributed by atoms with Gasteiger partial charge in [-0.15, -0.1) is 0 Å². The van der Waals surface area contributed by atoms with Crippen LogP contribution in [0.1, 0.15) is 32.6 Å². The molecule has 18 heavy (non-hydrogen) atoms. The van der Waals surface area contributed by atoms with E-state index in [4.69, 9.17) is 14.0 Å². The largest absolute Gasteiger partial charge is 0.487 e. The Hall–Kier alpha value is -0.845. The monoisotopic (exact) mass is 267 g/mol. The summed E-state index contributed by atoms with van der Waals surface area (Å²) in [6.07, 6.45) is 1.95. The van der Waals surface area contributed by atoms with E-state index in [1.165, 1.54) is 11.5 Å². The summed E-state index contributed by atoms with van der Waals surface area (Å²) in [5.41, 5.74) is -0.596. The average molecular weight is 267 g/mol. The highest BCUT2D eigenvalue weighted by atomic mass is 32.1. The van der Waals surface area contributed by atoms with Gasteiger partial charge in [-0.1, -0.05) is 12.1 Å². The van der Waals surface area contributed by atoms with Crippen molar-refractivity contribution in [2.75, 3.05) is 7.11 Å². The maximum absolute atomic E-state index is 5.86. The second kappa shape index (κ2) is 4.68. The average Bonchev–Trinajstić information content (AvgIpc) is 2.79. The van der Waals surface area contributed by atoms with Crippen molar-refractivity contribution >= 4 is 24.7 Å². The van der Waals surface area contributed by atoms with Gasteiger partial charge >= 0.3 is 7.12 Å². The van der Waals surface area contributed by atoms with Crippen LogP contribution in [0.15, 0.2) is 12.0 Å². The smallest absolute Gasteiger partial charge is 0.480 e. The van der Waals surface area contributed by atoms with Gasteiger partial charge in [-0.2, -0.15) is 4.37 Å². The minimum Gasteiger partial charge on any atom is -0.480 e. The first-order valence-electron chi connectivity index (χ1n) is 5.89. The van der Waals surface area contributed by atoms with Crippen LogP contribution in [0.25, 0.3) is 6.08 Å². The molecule has 0 bridgehead atoms. The van der Waals surface area contributed by atoms with Gasteiger partial charge in [-0.25, -0.2) is 0 Å². The highest BCUT2D eigenvalue weighted by molar-refractivity contribution is 7.07. The van der Waals surface area contributed by atoms with E-state index < -0.39 is 0 Å². The van der Waals surface area contributed by atoms with Crippen LogP contribution < -0.4 is 4.74 Å². The molecule has 98 valence electrons. The van der Waals surface area contributed by atoms with E-state index in [9.17, 15) is 0 Å². The summed E-state index contributed by atoms with van der Waals surface area (Å²) < 4.78 is 20.9. The molecule has 1 aromatic heterocycles. The van der Waals surface area contributed by atoms with Crippen molar-refractivity contribution in [2.24, 2.45) is 0 Å². The van der Waals surface area contributed by atoms with Crippen LogP contribution in [-0.4, -0.2) is 29.8 Å². The SMILES string of the molecule is COc1cc(/C=C/B2OC(C)(C)C(C)(C)O2)sn1. The van der Waals surface area contributed by atoms with E-state index >= 15 is 0 Å². The van der Waals surface area contributed by atoms with Gasteiger partial charge in [0.15, 0.2) is 0 Å². The Labute approximate surface area is 112 Å². The predicted molar refractivity (Wildman–Crippen MR) is 73.8 cm³/mol. The predicted octanol–water partition coefficient (Wildman–Crippen LogP) is 2.80. The van der Waals surface area contributed by atoms with Gasteiger partial charge in [0.25, 0.3) is 0 Å². The fraction of sp³-hybridized carbons (Fsp3) is 0.583. The van der Waals surface area contributed by atoms with Crippen LogP contribution in [0, 0.1) is 0 Å². The van der Waals surface area contributed by atoms with Crippen LogP contribution in [0.4, 0.5) is 0 Å². The number of aromatic nitrogens is 1. The molecule has 0 saturated carbocycles. The van der Waals surface area contributed by atoms with E-state index in [0.29, 0.717) is 5.88 Å². The summed E-state index contributed by atoms with van der Waals surface area (Å²) in [6, 6.07) is 1.88. The lowest BCUT2D eigenvalue weighted by molar-refractivity contribution is 0.00578. The van der Waals surface area contributed by atoms with Gasteiger partial charge in [-0.3, -0.25) is 0 Å². The minimum atomic E-state index is -0.317. The molecule has 1 saturated heterocycles. The first-order chi connectivity index (χ1) is 8.34. The normalized spacial score (nSPS) is 21.7. The van der Waals surface area contributed by atoms with Gasteiger partial charge in [0, 0.05) is 6.07 Å². The summed E-state index contributed by atoms with van der Waals surface area (Å²) in [4.78, 5) is 1.02. The van der Waals surface area contributed by atoms with Gasteiger partial charge in [-0.05, 0) is 39.2 Å². The van der Waals surface area contributed by atoms with Crippen molar-refractivity contribution in [1.82, 2.24) is 4.37 Å². The third-order valence-corrected chi connectivity index (χ3v) is 4.14. The first kappa shape index (κ1) is 13.6. The summed E-state index contributed by atoms with van der Waals surface area (Å²) in [7, 11) is 1.29. The zero-order valence-electron chi connectivity index (χ0n) is 11.4. The van der Waals surface area contributed by atoms with E-state index in [-0.39, 0.29) is 18.3 Å². The van der Waals surface area contributed by atoms with E-state index in [1.54, 1.807) is 7.11 Å². The standard InChI is InChI=1S/C12H18BNO3S/c1-11(2)12(3,4)17-13(16-11)7-6-9-8-10(15-5)14-18-9/h6-8H,1-5H3/b7-6+. The molecular formula is C12H18BNO3S. The highest BCUT2D eigenvalue weighted by Gasteiger charge is 2.49. The fourth-order valence-corrected chi connectivity index (χ4v) is 2.20. The Kier molecular flexibility index (Phi) is 3.53. The molecule has 1 aliphatic rings. The third kappa shape index (κ3) is 2.60. The van der Waals surface area contributed by atoms with Crippen LogP contribution in [0.5, 0.6) is 5.88 Å². The van der Waals surface area contributed by atoms with Crippen LogP contribution in [0.3, 0.4) is 0 Å². The molecule has 2 rings (SSSR count). The Bertz CT molecular complexity index is 440. The molecule has 6 heteroatoms. The molecule has 0 atom stereocenters. The van der Waals surface area contributed by atoms with Crippen LogP contribution in [0.2, 0.25) is 0 Å². The highest BCUT2D eigenvalue weighted by Crippen LogP contribution is 2.37. The number of hydrogen-bond acceptors (Lipinski definition) is 5. The summed E-state index contributed by atoms with van der Waals surface area (Å²) in [5.74, 6) is 2.54. The fourth-order valence-electron chi connectivity index (χ4n) is 1.59. The molecule has 1 aromatic rings. The number of rotatable bonds is 3. The quantitative estimate of drug-likeness (QED) is 0.789. The second-order valence-electron chi connectivity index (χ2n) is 5.26. The van der Waals surface area contributed by atoms with E-state index in [1.807, 2.05) is 45.8 Å². The Morgan fingerprint density at radius 1 is 1.28 bits per heavy atom. The Morgan fingerprint density at radius 3 is 2.39 bits per heavy atom. The molecule has 0 spiro atoms. The lowest BCUT2D eigenvalue weighted by Gasteiger charge is -2.32. The third-order valence-electron chi connectivity index (χ3n) is 3.41. The van der Waals surface area contributed by atoms with Crippen molar-refractivity contribution in [2.45, 2.75) is 38.9 Å². The molecule has 0 unspecified atom stereocenters. The zero-order valence-corrected chi connectivity index (χ0v) is 12.2. The first-order valence-corrected chi connectivity index (χ1v) is 6.66. The molecule has 2 heterocycles. The molecular weight excluding hydrogens is 249 g/mol. The minimum absolute atomic E-state index is 0.298. The maximum Gasteiger partial charge on any atom is 0.487 e. The van der Waals surface area contributed by atoms with Crippen molar-refractivity contribution in [3.8, 4) is 5.88 Å². The molecule has 1 aliphatic heterocycles. The van der Waals surface area contributed by atoms with Crippen molar-refractivity contribution in [3.05, 3.63) is 16.9 Å². The van der Waals surface area contributed by atoms with E-state index in [0.717, 1.165) is 4.88 Å². The molecule has 0 radical (unpaired) electrons. The number of nitrogens with zero attached hydrogens (tertiary/aromatic N) is 1. The molecule has 0 aliphatic carbocycles. The molecule has 0 amide bonds. The van der Waals surface area contributed by atoms with Crippen molar-refractivity contribution < 1.29 is 14.0 Å². The summed E-state index contributed by atoms with van der Waals surface area (Å²) in [6.45, 7) is 8.15. The Morgan fingerprint density at radius 2 is 1.89 bits per heavy atom. The van der Waals surface area contributed by atoms with Gasteiger partial charge in [0.1, 0.15) is 0 Å². The zero-order chi connectivity index (χ0) is 13.4. The number of hydrogen-bond donors (Lipinski definition) is 0. The lowest BCUT2D eigenvalue weighted by Crippen LogP contribution is -2.41. The van der Waals surface area contributed by atoms with E-state index in [2.05, 4.69) is 4.37 Å². The van der Waals surface area contributed by atoms with Crippen molar-refractivity contribution in [1.29, 1.82) is 0 Å². The van der Waals surface area contributed by atoms with Gasteiger partial charge in [0.2, 0.25) is 5.88 Å². The maximum atomic E-state index is 5.86. The molecule has 0 aromatic carbocycles. The van der Waals surface area contributed by atoms with Crippen LogP contribution in [-0.2, 0) is 9.31 Å². The lowest BCUT2D eigenvalue weighted by atomic mass is 9.90.